The Hall–Kier alpha value is -2.29. The number of rotatable bonds is 2. The Morgan fingerprint density at radius 3 is 2.64 bits per heavy atom. The fourth-order valence-electron chi connectivity index (χ4n) is 2.57. The Morgan fingerprint density at radius 2 is 2.05 bits per heavy atom. The standard InChI is InChI=1S/C16H15F3N2O/c1-15(2)8-12(22)7-14(13(15)9-20)21-11-5-3-4-10(6-11)16(17,18)19/h3-7,13,21H,8H2,1-2H3. The van der Waals surface area contributed by atoms with Crippen molar-refractivity contribution < 1.29 is 18.0 Å². The Labute approximate surface area is 126 Å². The minimum absolute atomic E-state index is 0.147. The van der Waals surface area contributed by atoms with Crippen molar-refractivity contribution in [3.8, 4) is 6.07 Å². The Balaban J connectivity index is 2.34. The maximum absolute atomic E-state index is 12.7. The molecule has 2 rings (SSSR count). The molecule has 0 saturated heterocycles. The summed E-state index contributed by atoms with van der Waals surface area (Å²) in [5, 5.41) is 12.1. The monoisotopic (exact) mass is 308 g/mol. The van der Waals surface area contributed by atoms with Gasteiger partial charge in [-0.1, -0.05) is 19.9 Å². The quantitative estimate of drug-likeness (QED) is 0.893. The van der Waals surface area contributed by atoms with E-state index in [1.54, 1.807) is 13.8 Å². The number of nitrogens with zero attached hydrogens (tertiary/aromatic N) is 1. The second-order valence-corrected chi connectivity index (χ2v) is 6.00. The lowest BCUT2D eigenvalue weighted by atomic mass is 9.70. The first-order valence-corrected chi connectivity index (χ1v) is 6.72. The fraction of sp³-hybridized carbons (Fsp3) is 0.375. The molecular formula is C16H15F3N2O. The lowest BCUT2D eigenvalue weighted by Crippen LogP contribution is -2.34. The lowest BCUT2D eigenvalue weighted by molar-refractivity contribution is -0.137. The van der Waals surface area contributed by atoms with Gasteiger partial charge in [-0.05, 0) is 23.6 Å². The summed E-state index contributed by atoms with van der Waals surface area (Å²) in [6.07, 6.45) is -2.90. The van der Waals surface area contributed by atoms with Crippen LogP contribution in [-0.4, -0.2) is 5.78 Å². The number of allylic oxidation sites excluding steroid dienone is 2. The van der Waals surface area contributed by atoms with Gasteiger partial charge in [0.1, 0.15) is 0 Å². The number of halogens is 3. The Bertz CT molecular complexity index is 669. The van der Waals surface area contributed by atoms with Gasteiger partial charge in [0.2, 0.25) is 0 Å². The average molecular weight is 308 g/mol. The molecule has 0 heterocycles. The van der Waals surface area contributed by atoms with Crippen LogP contribution in [0, 0.1) is 22.7 Å². The molecule has 1 aromatic carbocycles. The first kappa shape index (κ1) is 16.1. The largest absolute Gasteiger partial charge is 0.416 e. The molecule has 1 aliphatic rings. The van der Waals surface area contributed by atoms with Crippen LogP contribution in [0.4, 0.5) is 18.9 Å². The van der Waals surface area contributed by atoms with E-state index in [9.17, 15) is 23.2 Å². The zero-order chi connectivity index (χ0) is 16.5. The summed E-state index contributed by atoms with van der Waals surface area (Å²) in [6.45, 7) is 3.58. The fourth-order valence-corrected chi connectivity index (χ4v) is 2.57. The van der Waals surface area contributed by atoms with Crippen molar-refractivity contribution in [2.24, 2.45) is 11.3 Å². The Morgan fingerprint density at radius 1 is 1.36 bits per heavy atom. The minimum atomic E-state index is -4.44. The summed E-state index contributed by atoms with van der Waals surface area (Å²) < 4.78 is 38.2. The van der Waals surface area contributed by atoms with Crippen LogP contribution in [0.15, 0.2) is 36.0 Å². The zero-order valence-corrected chi connectivity index (χ0v) is 12.2. The van der Waals surface area contributed by atoms with Gasteiger partial charge in [0.25, 0.3) is 0 Å². The van der Waals surface area contributed by atoms with Crippen molar-refractivity contribution in [2.45, 2.75) is 26.4 Å². The van der Waals surface area contributed by atoms with Crippen LogP contribution < -0.4 is 5.32 Å². The SMILES string of the molecule is CC1(C)CC(=O)C=C(Nc2cccc(C(F)(F)F)c2)C1C#N. The number of alkyl halides is 3. The van der Waals surface area contributed by atoms with Gasteiger partial charge in [0, 0.05) is 23.9 Å². The first-order chi connectivity index (χ1) is 10.1. The van der Waals surface area contributed by atoms with Gasteiger partial charge in [0.05, 0.1) is 17.6 Å². The van der Waals surface area contributed by atoms with Crippen LogP contribution in [-0.2, 0) is 11.0 Å². The van der Waals surface area contributed by atoms with Crippen molar-refractivity contribution in [1.82, 2.24) is 0 Å². The molecule has 116 valence electrons. The minimum Gasteiger partial charge on any atom is -0.358 e. The number of hydrogen-bond acceptors (Lipinski definition) is 3. The number of anilines is 1. The van der Waals surface area contributed by atoms with Crippen LogP contribution in [0.25, 0.3) is 0 Å². The molecule has 1 aliphatic carbocycles. The number of nitriles is 1. The van der Waals surface area contributed by atoms with Crippen molar-refractivity contribution in [3.05, 3.63) is 41.6 Å². The van der Waals surface area contributed by atoms with Gasteiger partial charge in [0.15, 0.2) is 5.78 Å². The smallest absolute Gasteiger partial charge is 0.358 e. The highest BCUT2D eigenvalue weighted by Gasteiger charge is 2.38. The van der Waals surface area contributed by atoms with Gasteiger partial charge < -0.3 is 5.32 Å². The second kappa shape index (κ2) is 5.48. The van der Waals surface area contributed by atoms with Crippen molar-refractivity contribution >= 4 is 11.5 Å². The summed E-state index contributed by atoms with van der Waals surface area (Å²) in [7, 11) is 0. The molecule has 22 heavy (non-hydrogen) atoms. The predicted molar refractivity (Wildman–Crippen MR) is 75.7 cm³/mol. The van der Waals surface area contributed by atoms with Gasteiger partial charge in [-0.3, -0.25) is 4.79 Å². The van der Waals surface area contributed by atoms with E-state index in [0.29, 0.717) is 5.70 Å². The van der Waals surface area contributed by atoms with E-state index in [2.05, 4.69) is 11.4 Å². The molecule has 0 fully saturated rings. The van der Waals surface area contributed by atoms with Gasteiger partial charge >= 0.3 is 6.18 Å². The van der Waals surface area contributed by atoms with E-state index in [0.717, 1.165) is 12.1 Å². The van der Waals surface area contributed by atoms with Crippen molar-refractivity contribution in [3.63, 3.8) is 0 Å². The van der Waals surface area contributed by atoms with Crippen LogP contribution >= 0.6 is 0 Å². The van der Waals surface area contributed by atoms with Crippen LogP contribution in [0.5, 0.6) is 0 Å². The summed E-state index contributed by atoms with van der Waals surface area (Å²) in [5.41, 5.74) is -0.812. The van der Waals surface area contributed by atoms with E-state index < -0.39 is 23.1 Å². The van der Waals surface area contributed by atoms with Crippen LogP contribution in [0.2, 0.25) is 0 Å². The highest BCUT2D eigenvalue weighted by molar-refractivity contribution is 5.92. The molecule has 0 saturated carbocycles. The average Bonchev–Trinajstić information content (AvgIpc) is 2.36. The molecule has 1 atom stereocenters. The summed E-state index contributed by atoms with van der Waals surface area (Å²) in [4.78, 5) is 11.8. The maximum Gasteiger partial charge on any atom is 0.416 e. The summed E-state index contributed by atoms with van der Waals surface area (Å²) in [6, 6.07) is 6.80. The van der Waals surface area contributed by atoms with Crippen molar-refractivity contribution in [2.75, 3.05) is 5.32 Å². The molecule has 0 amide bonds. The van der Waals surface area contributed by atoms with Crippen molar-refractivity contribution in [1.29, 1.82) is 5.26 Å². The van der Waals surface area contributed by atoms with Crippen LogP contribution in [0.3, 0.4) is 0 Å². The second-order valence-electron chi connectivity index (χ2n) is 6.00. The number of ketones is 1. The molecule has 3 nitrogen and oxygen atoms in total. The molecule has 1 unspecified atom stereocenters. The summed E-state index contributed by atoms with van der Waals surface area (Å²) in [5.74, 6) is -0.731. The molecule has 1 N–H and O–H groups in total. The number of benzene rings is 1. The molecule has 0 spiro atoms. The van der Waals surface area contributed by atoms with E-state index in [-0.39, 0.29) is 17.9 Å². The third-order valence-electron chi connectivity index (χ3n) is 3.65. The first-order valence-electron chi connectivity index (χ1n) is 6.72. The normalized spacial score (nSPS) is 21.0. The zero-order valence-electron chi connectivity index (χ0n) is 12.2. The third kappa shape index (κ3) is 3.30. The highest BCUT2D eigenvalue weighted by atomic mass is 19.4. The lowest BCUT2D eigenvalue weighted by Gasteiger charge is -2.34. The molecule has 0 bridgehead atoms. The van der Waals surface area contributed by atoms with E-state index >= 15 is 0 Å². The molecular weight excluding hydrogens is 293 g/mol. The van der Waals surface area contributed by atoms with E-state index in [1.165, 1.54) is 18.2 Å². The molecule has 0 aromatic heterocycles. The molecule has 6 heteroatoms. The van der Waals surface area contributed by atoms with Gasteiger partial charge in [-0.15, -0.1) is 0 Å². The van der Waals surface area contributed by atoms with Crippen LogP contribution in [0.1, 0.15) is 25.8 Å². The van der Waals surface area contributed by atoms with E-state index in [4.69, 9.17) is 0 Å². The number of hydrogen-bond donors (Lipinski definition) is 1. The van der Waals surface area contributed by atoms with Gasteiger partial charge in [-0.25, -0.2) is 0 Å². The number of carbonyl (C=O) groups is 1. The topological polar surface area (TPSA) is 52.9 Å². The molecule has 1 aromatic rings. The molecule has 0 aliphatic heterocycles. The highest BCUT2D eigenvalue weighted by Crippen LogP contribution is 2.40. The number of nitrogens with one attached hydrogen (secondary N) is 1. The van der Waals surface area contributed by atoms with Gasteiger partial charge in [-0.2, -0.15) is 18.4 Å². The predicted octanol–water partition coefficient (Wildman–Crippen LogP) is 4.14. The number of carbonyl (C=O) groups excluding carboxylic acids is 1. The molecule has 0 radical (unpaired) electrons. The van der Waals surface area contributed by atoms with E-state index in [1.807, 2.05) is 0 Å². The third-order valence-corrected chi connectivity index (χ3v) is 3.65. The Kier molecular flexibility index (Phi) is 4.01. The maximum atomic E-state index is 12.7. The summed E-state index contributed by atoms with van der Waals surface area (Å²) >= 11 is 0.